The number of benzene rings is 2. The number of nitrogens with zero attached hydrogens (tertiary/aromatic N) is 5. The number of likely N-dealkylation sites (N-methyl/N-ethyl adjacent to an activating group) is 1. The summed E-state index contributed by atoms with van der Waals surface area (Å²) in [6.45, 7) is 1.53. The van der Waals surface area contributed by atoms with Gasteiger partial charge in [-0.05, 0) is 61.6 Å². The van der Waals surface area contributed by atoms with Crippen LogP contribution in [0.5, 0.6) is 0 Å². The van der Waals surface area contributed by atoms with E-state index >= 15 is 0 Å². The van der Waals surface area contributed by atoms with Crippen molar-refractivity contribution in [1.82, 2.24) is 35.0 Å². The maximum Gasteiger partial charge on any atom is 0.159 e. The lowest BCUT2D eigenvalue weighted by molar-refractivity contribution is 0.425. The molecule has 0 spiro atoms. The summed E-state index contributed by atoms with van der Waals surface area (Å²) in [4.78, 5) is 18.9. The topological polar surface area (TPSA) is 124 Å². The van der Waals surface area contributed by atoms with Gasteiger partial charge < -0.3 is 20.9 Å². The quantitative estimate of drug-likeness (QED) is 0.242. The van der Waals surface area contributed by atoms with E-state index in [4.69, 9.17) is 10.7 Å². The van der Waals surface area contributed by atoms with E-state index in [0.29, 0.717) is 40.5 Å². The molecule has 0 saturated carbocycles. The zero-order valence-corrected chi connectivity index (χ0v) is 21.0. The molecular formula is C28H26FN9. The van der Waals surface area contributed by atoms with E-state index in [1.165, 1.54) is 12.1 Å². The number of nitrogens with two attached hydrogens (primary N) is 1. The van der Waals surface area contributed by atoms with Gasteiger partial charge in [0.05, 0.1) is 28.4 Å². The summed E-state index contributed by atoms with van der Waals surface area (Å²) in [5, 5.41) is 11.8. The molecule has 0 amide bonds. The fraction of sp³-hybridized carbons (Fsp3) is 0.143. The Hall–Kier alpha value is -4.83. The number of nitrogens with one attached hydrogen (secondary N) is 3. The van der Waals surface area contributed by atoms with Crippen LogP contribution in [0.15, 0.2) is 67.3 Å². The highest BCUT2D eigenvalue weighted by molar-refractivity contribution is 5.98. The summed E-state index contributed by atoms with van der Waals surface area (Å²) in [6, 6.07) is 12.8. The Kier molecular flexibility index (Phi) is 5.93. The third-order valence-electron chi connectivity index (χ3n) is 6.37. The number of rotatable bonds is 7. The second kappa shape index (κ2) is 9.56. The molecule has 0 atom stereocenters. The molecule has 0 saturated heterocycles. The van der Waals surface area contributed by atoms with Crippen LogP contribution >= 0.6 is 0 Å². The number of nitrogen functional groups attached to an aromatic ring is 1. The molecule has 0 unspecified atom stereocenters. The first-order valence-corrected chi connectivity index (χ1v) is 12.2. The molecule has 38 heavy (non-hydrogen) atoms. The molecule has 6 rings (SSSR count). The minimum atomic E-state index is -0.329. The standard InChI is InChI=1S/C28H26FN9/c1-38(2)6-5-33-21-9-17(7-19(29)11-21)23-14-32-15-25-26(23)35-28(34-25)27-22-10-16(3-4-24(22)36-37-27)18-8-20(30)13-31-12-18/h3-4,7-15,33H,5-6,30H2,1-2H3,(H,34,35)(H,36,37). The zero-order valence-electron chi connectivity index (χ0n) is 21.0. The van der Waals surface area contributed by atoms with Gasteiger partial charge in [0, 0.05) is 53.9 Å². The average Bonchev–Trinajstić information content (AvgIpc) is 3.51. The van der Waals surface area contributed by atoms with Crippen molar-refractivity contribution in [3.8, 4) is 33.8 Å². The van der Waals surface area contributed by atoms with E-state index < -0.39 is 0 Å². The van der Waals surface area contributed by atoms with Crippen molar-refractivity contribution in [3.63, 3.8) is 0 Å². The largest absolute Gasteiger partial charge is 0.397 e. The first-order valence-electron chi connectivity index (χ1n) is 12.2. The summed E-state index contributed by atoms with van der Waals surface area (Å²) < 4.78 is 14.6. The Bertz CT molecular complexity index is 1770. The summed E-state index contributed by atoms with van der Waals surface area (Å²) in [7, 11) is 4.00. The Morgan fingerprint density at radius 1 is 0.921 bits per heavy atom. The van der Waals surface area contributed by atoms with Gasteiger partial charge in [0.2, 0.25) is 0 Å². The van der Waals surface area contributed by atoms with Crippen LogP contribution in [0.3, 0.4) is 0 Å². The van der Waals surface area contributed by atoms with Crippen molar-refractivity contribution in [3.05, 3.63) is 73.1 Å². The van der Waals surface area contributed by atoms with Crippen LogP contribution in [-0.2, 0) is 0 Å². The highest BCUT2D eigenvalue weighted by Crippen LogP contribution is 2.34. The molecule has 4 aromatic heterocycles. The van der Waals surface area contributed by atoms with E-state index in [-0.39, 0.29) is 5.82 Å². The number of aromatic nitrogens is 6. The lowest BCUT2D eigenvalue weighted by Crippen LogP contribution is -2.20. The Labute approximate surface area is 218 Å². The summed E-state index contributed by atoms with van der Waals surface area (Å²) >= 11 is 0. The van der Waals surface area contributed by atoms with E-state index in [1.807, 2.05) is 44.4 Å². The average molecular weight is 508 g/mol. The molecule has 0 bridgehead atoms. The minimum absolute atomic E-state index is 0.329. The van der Waals surface area contributed by atoms with Crippen LogP contribution in [0.2, 0.25) is 0 Å². The van der Waals surface area contributed by atoms with Gasteiger partial charge in [0.25, 0.3) is 0 Å². The number of hydrogen-bond acceptors (Lipinski definition) is 7. The molecule has 2 aromatic carbocycles. The van der Waals surface area contributed by atoms with Crippen LogP contribution in [0.4, 0.5) is 15.8 Å². The second-order valence-corrected chi connectivity index (χ2v) is 9.47. The number of imidazole rings is 1. The molecule has 0 aliphatic heterocycles. The molecule has 0 fully saturated rings. The van der Waals surface area contributed by atoms with Crippen molar-refractivity contribution < 1.29 is 4.39 Å². The number of halogens is 1. The van der Waals surface area contributed by atoms with Gasteiger partial charge in [-0.2, -0.15) is 5.10 Å². The highest BCUT2D eigenvalue weighted by atomic mass is 19.1. The van der Waals surface area contributed by atoms with Gasteiger partial charge in [-0.15, -0.1) is 0 Å². The van der Waals surface area contributed by atoms with Crippen LogP contribution in [0.1, 0.15) is 0 Å². The van der Waals surface area contributed by atoms with Crippen LogP contribution in [0.25, 0.3) is 55.7 Å². The molecular weight excluding hydrogens is 481 g/mol. The van der Waals surface area contributed by atoms with Gasteiger partial charge >= 0.3 is 0 Å². The minimum Gasteiger partial charge on any atom is -0.397 e. The van der Waals surface area contributed by atoms with Crippen molar-refractivity contribution in [2.75, 3.05) is 38.2 Å². The molecule has 4 heterocycles. The highest BCUT2D eigenvalue weighted by Gasteiger charge is 2.17. The Morgan fingerprint density at radius 3 is 2.63 bits per heavy atom. The van der Waals surface area contributed by atoms with Gasteiger partial charge in [-0.1, -0.05) is 6.07 Å². The molecule has 0 aliphatic rings. The fourth-order valence-corrected chi connectivity index (χ4v) is 4.52. The second-order valence-electron chi connectivity index (χ2n) is 9.47. The van der Waals surface area contributed by atoms with Crippen LogP contribution in [0, 0.1) is 5.82 Å². The van der Waals surface area contributed by atoms with E-state index in [9.17, 15) is 4.39 Å². The summed E-state index contributed by atoms with van der Waals surface area (Å²) in [6.07, 6.45) is 6.81. The first kappa shape index (κ1) is 23.6. The molecule has 0 radical (unpaired) electrons. The number of aromatic amines is 2. The third-order valence-corrected chi connectivity index (χ3v) is 6.37. The number of anilines is 2. The van der Waals surface area contributed by atoms with Crippen LogP contribution in [-0.4, -0.2) is 62.2 Å². The number of H-pyrrole nitrogens is 2. The monoisotopic (exact) mass is 507 g/mol. The summed E-state index contributed by atoms with van der Waals surface area (Å²) in [5.41, 5.74) is 13.5. The van der Waals surface area contributed by atoms with Gasteiger partial charge in [-0.3, -0.25) is 15.1 Å². The Morgan fingerprint density at radius 2 is 1.79 bits per heavy atom. The third kappa shape index (κ3) is 4.53. The SMILES string of the molecule is CN(C)CCNc1cc(F)cc(-c2cncc3[nH]c(-c4n[nH]c5ccc(-c6cncc(N)c6)cc45)nc23)c1. The zero-order chi connectivity index (χ0) is 26.2. The lowest BCUT2D eigenvalue weighted by Gasteiger charge is -2.12. The molecule has 6 aromatic rings. The van der Waals surface area contributed by atoms with Gasteiger partial charge in [-0.25, -0.2) is 9.37 Å². The van der Waals surface area contributed by atoms with E-state index in [2.05, 4.69) is 35.4 Å². The first-order chi connectivity index (χ1) is 18.4. The van der Waals surface area contributed by atoms with Crippen molar-refractivity contribution in [2.24, 2.45) is 0 Å². The number of fused-ring (bicyclic) bond motifs is 2. The molecule has 10 heteroatoms. The predicted octanol–water partition coefficient (Wildman–Crippen LogP) is 4.93. The number of pyridine rings is 2. The maximum atomic E-state index is 14.6. The molecule has 9 nitrogen and oxygen atoms in total. The number of hydrogen-bond donors (Lipinski definition) is 4. The fourth-order valence-electron chi connectivity index (χ4n) is 4.52. The van der Waals surface area contributed by atoms with Crippen molar-refractivity contribution in [1.29, 1.82) is 0 Å². The molecule has 5 N–H and O–H groups in total. The van der Waals surface area contributed by atoms with E-state index in [1.54, 1.807) is 24.8 Å². The lowest BCUT2D eigenvalue weighted by atomic mass is 10.0. The van der Waals surface area contributed by atoms with Gasteiger partial charge in [0.1, 0.15) is 11.5 Å². The Balaban J connectivity index is 1.40. The normalized spacial score (nSPS) is 11.6. The predicted molar refractivity (Wildman–Crippen MR) is 149 cm³/mol. The summed E-state index contributed by atoms with van der Waals surface area (Å²) in [5.74, 6) is 0.258. The van der Waals surface area contributed by atoms with Gasteiger partial charge in [0.15, 0.2) is 5.82 Å². The van der Waals surface area contributed by atoms with Crippen molar-refractivity contribution in [2.45, 2.75) is 0 Å². The smallest absolute Gasteiger partial charge is 0.159 e. The van der Waals surface area contributed by atoms with Crippen LogP contribution < -0.4 is 11.1 Å². The molecule has 190 valence electrons. The van der Waals surface area contributed by atoms with E-state index in [0.717, 1.165) is 39.7 Å². The van der Waals surface area contributed by atoms with Crippen molar-refractivity contribution >= 4 is 33.3 Å². The maximum absolute atomic E-state index is 14.6. The molecule has 0 aliphatic carbocycles.